The molecule has 0 fully saturated rings. The number of rotatable bonds is 2. The molecule has 0 radical (unpaired) electrons. The van der Waals surface area contributed by atoms with Gasteiger partial charge in [0.15, 0.2) is 0 Å². The van der Waals surface area contributed by atoms with E-state index < -0.39 is 6.10 Å². The minimum atomic E-state index is -0.800. The second-order valence-corrected chi connectivity index (χ2v) is 5.59. The molecule has 0 spiro atoms. The Morgan fingerprint density at radius 2 is 1.80 bits per heavy atom. The molecule has 102 valence electrons. The molecule has 0 aliphatic heterocycles. The number of aryl methyl sites for hydroxylation is 1. The van der Waals surface area contributed by atoms with Crippen LogP contribution in [0.15, 0.2) is 51.4 Å². The van der Waals surface area contributed by atoms with E-state index in [1.807, 2.05) is 25.1 Å². The van der Waals surface area contributed by atoms with E-state index in [0.29, 0.717) is 5.56 Å². The molecule has 1 heterocycles. The Bertz CT molecular complexity index is 762. The minimum Gasteiger partial charge on any atom is -0.460 e. The van der Waals surface area contributed by atoms with E-state index in [1.54, 1.807) is 12.1 Å². The molecule has 2 aromatic carbocycles. The van der Waals surface area contributed by atoms with Crippen LogP contribution >= 0.6 is 15.9 Å². The van der Waals surface area contributed by atoms with E-state index in [4.69, 9.17) is 4.42 Å². The van der Waals surface area contributed by atoms with Gasteiger partial charge < -0.3 is 9.52 Å². The minimum absolute atomic E-state index is 0.317. The first kappa shape index (κ1) is 13.3. The third-order valence-electron chi connectivity index (χ3n) is 3.22. The first-order valence-corrected chi connectivity index (χ1v) is 6.97. The highest BCUT2D eigenvalue weighted by molar-refractivity contribution is 9.10. The lowest BCUT2D eigenvalue weighted by atomic mass is 10.0. The topological polar surface area (TPSA) is 33.4 Å². The Morgan fingerprint density at radius 3 is 2.50 bits per heavy atom. The fraction of sp³-hybridized carbons (Fsp3) is 0.125. The Labute approximate surface area is 124 Å². The Hall–Kier alpha value is -1.65. The average Bonchev–Trinajstić information content (AvgIpc) is 2.80. The molecule has 1 unspecified atom stereocenters. The van der Waals surface area contributed by atoms with Gasteiger partial charge in [0.25, 0.3) is 0 Å². The number of hydrogen-bond donors (Lipinski definition) is 1. The van der Waals surface area contributed by atoms with E-state index >= 15 is 0 Å². The third-order valence-corrected chi connectivity index (χ3v) is 3.81. The van der Waals surface area contributed by atoms with Crippen LogP contribution in [0.5, 0.6) is 0 Å². The highest BCUT2D eigenvalue weighted by atomic mass is 79.9. The van der Waals surface area contributed by atoms with Crippen molar-refractivity contribution in [3.05, 3.63) is 69.6 Å². The Kier molecular flexibility index (Phi) is 3.36. The molecule has 0 aliphatic rings. The fourth-order valence-corrected chi connectivity index (χ4v) is 2.83. The molecule has 20 heavy (non-hydrogen) atoms. The van der Waals surface area contributed by atoms with Gasteiger partial charge in [-0.25, -0.2) is 4.39 Å². The SMILES string of the molecule is Cc1cc2cc(C(O)c3ccc(F)cc3)cc(Br)c2o1. The molecule has 1 atom stereocenters. The zero-order chi connectivity index (χ0) is 14.3. The maximum Gasteiger partial charge on any atom is 0.148 e. The van der Waals surface area contributed by atoms with Crippen molar-refractivity contribution in [2.24, 2.45) is 0 Å². The van der Waals surface area contributed by atoms with Crippen molar-refractivity contribution in [2.45, 2.75) is 13.0 Å². The molecular weight excluding hydrogens is 323 g/mol. The summed E-state index contributed by atoms with van der Waals surface area (Å²) in [6, 6.07) is 11.5. The summed E-state index contributed by atoms with van der Waals surface area (Å²) < 4.78 is 19.3. The Morgan fingerprint density at radius 1 is 1.10 bits per heavy atom. The second kappa shape index (κ2) is 5.04. The van der Waals surface area contributed by atoms with Gasteiger partial charge in [-0.2, -0.15) is 0 Å². The molecule has 0 bridgehead atoms. The summed E-state index contributed by atoms with van der Waals surface area (Å²) in [6.07, 6.45) is -0.800. The quantitative estimate of drug-likeness (QED) is 0.735. The molecule has 3 aromatic rings. The van der Waals surface area contributed by atoms with Gasteiger partial charge in [-0.3, -0.25) is 0 Å². The van der Waals surface area contributed by atoms with Gasteiger partial charge in [0, 0.05) is 5.39 Å². The maximum absolute atomic E-state index is 12.9. The van der Waals surface area contributed by atoms with Crippen LogP contribution in [0, 0.1) is 12.7 Å². The van der Waals surface area contributed by atoms with Crippen LogP contribution < -0.4 is 0 Å². The van der Waals surface area contributed by atoms with Crippen molar-refractivity contribution < 1.29 is 13.9 Å². The molecule has 0 saturated heterocycles. The predicted octanol–water partition coefficient (Wildman–Crippen LogP) is 4.72. The first-order chi connectivity index (χ1) is 9.54. The zero-order valence-electron chi connectivity index (χ0n) is 10.7. The van der Waals surface area contributed by atoms with Gasteiger partial charge >= 0.3 is 0 Å². The number of aliphatic hydroxyl groups is 1. The number of benzene rings is 2. The Balaban J connectivity index is 2.07. The van der Waals surface area contributed by atoms with Gasteiger partial charge in [-0.15, -0.1) is 0 Å². The molecule has 3 rings (SSSR count). The lowest BCUT2D eigenvalue weighted by molar-refractivity contribution is 0.220. The summed E-state index contributed by atoms with van der Waals surface area (Å²) >= 11 is 3.45. The highest BCUT2D eigenvalue weighted by Gasteiger charge is 2.14. The number of fused-ring (bicyclic) bond motifs is 1. The van der Waals surface area contributed by atoms with E-state index in [2.05, 4.69) is 15.9 Å². The third kappa shape index (κ3) is 2.37. The van der Waals surface area contributed by atoms with Crippen molar-refractivity contribution in [3.63, 3.8) is 0 Å². The summed E-state index contributed by atoms with van der Waals surface area (Å²) in [5.74, 6) is 0.497. The highest BCUT2D eigenvalue weighted by Crippen LogP contribution is 2.32. The first-order valence-electron chi connectivity index (χ1n) is 6.18. The zero-order valence-corrected chi connectivity index (χ0v) is 12.3. The van der Waals surface area contributed by atoms with E-state index in [-0.39, 0.29) is 5.82 Å². The van der Waals surface area contributed by atoms with E-state index in [0.717, 1.165) is 26.8 Å². The molecular formula is C16H12BrFO2. The van der Waals surface area contributed by atoms with Crippen molar-refractivity contribution >= 4 is 26.9 Å². The average molecular weight is 335 g/mol. The maximum atomic E-state index is 12.9. The number of aliphatic hydroxyl groups excluding tert-OH is 1. The van der Waals surface area contributed by atoms with E-state index in [1.165, 1.54) is 12.1 Å². The summed E-state index contributed by atoms with van der Waals surface area (Å²) in [6.45, 7) is 1.88. The van der Waals surface area contributed by atoms with E-state index in [9.17, 15) is 9.50 Å². The molecule has 0 saturated carbocycles. The van der Waals surface area contributed by atoms with Gasteiger partial charge in [-0.1, -0.05) is 12.1 Å². The predicted molar refractivity (Wildman–Crippen MR) is 79.1 cm³/mol. The van der Waals surface area contributed by atoms with Gasteiger partial charge in [0.1, 0.15) is 23.3 Å². The van der Waals surface area contributed by atoms with Crippen molar-refractivity contribution in [1.29, 1.82) is 0 Å². The standard InChI is InChI=1S/C16H12BrFO2/c1-9-6-12-7-11(8-14(17)16(12)20-9)15(19)10-2-4-13(18)5-3-10/h2-8,15,19H,1H3. The van der Waals surface area contributed by atoms with Crippen LogP contribution in [0.2, 0.25) is 0 Å². The second-order valence-electron chi connectivity index (χ2n) is 4.73. The van der Waals surface area contributed by atoms with Crippen LogP contribution in [0.3, 0.4) is 0 Å². The summed E-state index contributed by atoms with van der Waals surface area (Å²) in [5, 5.41) is 11.3. The van der Waals surface area contributed by atoms with Crippen LogP contribution in [0.4, 0.5) is 4.39 Å². The lowest BCUT2D eigenvalue weighted by Gasteiger charge is -2.12. The molecule has 2 nitrogen and oxygen atoms in total. The van der Waals surface area contributed by atoms with Crippen LogP contribution in [-0.2, 0) is 0 Å². The summed E-state index contributed by atoms with van der Waals surface area (Å²) in [7, 11) is 0. The monoisotopic (exact) mass is 334 g/mol. The van der Waals surface area contributed by atoms with Crippen LogP contribution in [0.25, 0.3) is 11.0 Å². The summed E-state index contributed by atoms with van der Waals surface area (Å²) in [4.78, 5) is 0. The fourth-order valence-electron chi connectivity index (χ4n) is 2.26. The normalized spacial score (nSPS) is 12.8. The largest absolute Gasteiger partial charge is 0.460 e. The number of hydrogen-bond acceptors (Lipinski definition) is 2. The molecule has 4 heteroatoms. The molecule has 1 N–H and O–H groups in total. The van der Waals surface area contributed by atoms with Gasteiger partial charge in [-0.05, 0) is 64.3 Å². The number of furan rings is 1. The lowest BCUT2D eigenvalue weighted by Crippen LogP contribution is -1.99. The molecule has 1 aromatic heterocycles. The smallest absolute Gasteiger partial charge is 0.148 e. The number of halogens is 2. The van der Waals surface area contributed by atoms with Crippen molar-refractivity contribution in [3.8, 4) is 0 Å². The van der Waals surface area contributed by atoms with Crippen molar-refractivity contribution in [1.82, 2.24) is 0 Å². The van der Waals surface area contributed by atoms with Crippen LogP contribution in [-0.4, -0.2) is 5.11 Å². The van der Waals surface area contributed by atoms with Crippen LogP contribution in [0.1, 0.15) is 23.0 Å². The van der Waals surface area contributed by atoms with Crippen molar-refractivity contribution in [2.75, 3.05) is 0 Å². The molecule has 0 amide bonds. The summed E-state index contributed by atoms with van der Waals surface area (Å²) in [5.41, 5.74) is 2.15. The van der Waals surface area contributed by atoms with Gasteiger partial charge in [0.2, 0.25) is 0 Å². The molecule has 0 aliphatic carbocycles. The van der Waals surface area contributed by atoms with Gasteiger partial charge in [0.05, 0.1) is 4.47 Å².